The number of pyridine rings is 2. The first-order valence-electron chi connectivity index (χ1n) is 10.9. The van der Waals surface area contributed by atoms with Gasteiger partial charge in [-0.25, -0.2) is 4.98 Å². The van der Waals surface area contributed by atoms with Gasteiger partial charge in [-0.3, -0.25) is 4.98 Å². The van der Waals surface area contributed by atoms with Crippen LogP contribution in [0.3, 0.4) is 0 Å². The average molecular weight is 400 g/mol. The van der Waals surface area contributed by atoms with Gasteiger partial charge in [0.15, 0.2) is 0 Å². The van der Waals surface area contributed by atoms with Crippen molar-refractivity contribution in [2.75, 3.05) is 17.3 Å². The van der Waals surface area contributed by atoms with Crippen LogP contribution in [-0.2, 0) is 0 Å². The van der Waals surface area contributed by atoms with E-state index in [1.165, 1.54) is 44.1 Å². The molecule has 0 spiro atoms. The number of benzene rings is 1. The van der Waals surface area contributed by atoms with Crippen LogP contribution in [0, 0.1) is 11.3 Å². The summed E-state index contributed by atoms with van der Waals surface area (Å²) in [6.45, 7) is 2.13. The molecule has 0 radical (unpaired) electrons. The molecular formula is C25H29N5. The Morgan fingerprint density at radius 1 is 1.07 bits per heavy atom. The topological polar surface area (TPSA) is 64.8 Å². The molecule has 0 bridgehead atoms. The summed E-state index contributed by atoms with van der Waals surface area (Å²) < 4.78 is 0. The maximum Gasteiger partial charge on any atom is 0.127 e. The molecule has 0 aliphatic heterocycles. The largest absolute Gasteiger partial charge is 0.370 e. The van der Waals surface area contributed by atoms with Crippen molar-refractivity contribution in [2.24, 2.45) is 0 Å². The van der Waals surface area contributed by atoms with Gasteiger partial charge in [0.1, 0.15) is 11.9 Å². The lowest BCUT2D eigenvalue weighted by Gasteiger charge is -2.31. The van der Waals surface area contributed by atoms with Crippen LogP contribution in [0.2, 0.25) is 0 Å². The second-order valence-corrected chi connectivity index (χ2v) is 8.25. The third-order valence-electron chi connectivity index (χ3n) is 6.24. The molecule has 1 fully saturated rings. The van der Waals surface area contributed by atoms with Crippen molar-refractivity contribution in [1.29, 1.82) is 5.26 Å². The fourth-order valence-electron chi connectivity index (χ4n) is 4.50. The number of fused-ring (bicyclic) bond motifs is 1. The van der Waals surface area contributed by atoms with Gasteiger partial charge in [0.25, 0.3) is 0 Å². The SMILES string of the molecule is C[C@H](Nc1cc2c(N(C)C3CCCCCC3)c(C#N)cnc2cn1)c1ccccc1. The number of aromatic nitrogens is 2. The minimum absolute atomic E-state index is 0.131. The van der Waals surface area contributed by atoms with E-state index < -0.39 is 0 Å². The van der Waals surface area contributed by atoms with E-state index in [-0.39, 0.29) is 6.04 Å². The highest BCUT2D eigenvalue weighted by Gasteiger charge is 2.22. The Morgan fingerprint density at radius 3 is 2.50 bits per heavy atom. The molecule has 5 nitrogen and oxygen atoms in total. The number of rotatable bonds is 5. The Kier molecular flexibility index (Phi) is 6.13. The van der Waals surface area contributed by atoms with Gasteiger partial charge in [-0.2, -0.15) is 5.26 Å². The number of hydrogen-bond acceptors (Lipinski definition) is 5. The van der Waals surface area contributed by atoms with Crippen LogP contribution < -0.4 is 10.2 Å². The molecule has 0 saturated heterocycles. The van der Waals surface area contributed by atoms with Crippen molar-refractivity contribution in [3.8, 4) is 6.07 Å². The first-order valence-corrected chi connectivity index (χ1v) is 10.9. The van der Waals surface area contributed by atoms with E-state index >= 15 is 0 Å². The van der Waals surface area contributed by atoms with E-state index in [2.05, 4.69) is 52.4 Å². The van der Waals surface area contributed by atoms with Gasteiger partial charge in [0.2, 0.25) is 0 Å². The molecule has 5 heteroatoms. The Morgan fingerprint density at radius 2 is 1.80 bits per heavy atom. The summed E-state index contributed by atoms with van der Waals surface area (Å²) in [5.41, 5.74) is 3.64. The molecule has 0 amide bonds. The fraction of sp³-hybridized carbons (Fsp3) is 0.400. The van der Waals surface area contributed by atoms with Crippen LogP contribution in [0.1, 0.15) is 62.6 Å². The maximum atomic E-state index is 9.80. The summed E-state index contributed by atoms with van der Waals surface area (Å²) in [6.07, 6.45) is 11.0. The lowest BCUT2D eigenvalue weighted by molar-refractivity contribution is 0.553. The first kappa shape index (κ1) is 20.2. The molecule has 2 heterocycles. The quantitative estimate of drug-likeness (QED) is 0.547. The van der Waals surface area contributed by atoms with Gasteiger partial charge in [0.05, 0.1) is 23.0 Å². The monoisotopic (exact) mass is 399 g/mol. The molecule has 3 aromatic rings. The number of nitrogens with zero attached hydrogens (tertiary/aromatic N) is 4. The van der Waals surface area contributed by atoms with Crippen molar-refractivity contribution >= 4 is 22.4 Å². The third-order valence-corrected chi connectivity index (χ3v) is 6.24. The normalized spacial score (nSPS) is 15.9. The smallest absolute Gasteiger partial charge is 0.127 e. The Hall–Kier alpha value is -3.13. The van der Waals surface area contributed by atoms with Crippen molar-refractivity contribution in [2.45, 2.75) is 57.5 Å². The van der Waals surface area contributed by atoms with E-state index in [0.29, 0.717) is 11.6 Å². The minimum Gasteiger partial charge on any atom is -0.370 e. The summed E-state index contributed by atoms with van der Waals surface area (Å²) in [6, 6.07) is 15.3. The van der Waals surface area contributed by atoms with Crippen molar-refractivity contribution in [3.63, 3.8) is 0 Å². The van der Waals surface area contributed by atoms with E-state index in [0.717, 1.165) is 22.4 Å². The van der Waals surface area contributed by atoms with Crippen LogP contribution in [0.15, 0.2) is 48.8 Å². The second-order valence-electron chi connectivity index (χ2n) is 8.25. The predicted octanol–water partition coefficient (Wildman–Crippen LogP) is 5.83. The highest BCUT2D eigenvalue weighted by Crippen LogP contribution is 2.34. The lowest BCUT2D eigenvalue weighted by Crippen LogP contribution is -2.32. The third kappa shape index (κ3) is 4.23. The van der Waals surface area contributed by atoms with Crippen molar-refractivity contribution < 1.29 is 0 Å². The van der Waals surface area contributed by atoms with Gasteiger partial charge < -0.3 is 10.2 Å². The summed E-state index contributed by atoms with van der Waals surface area (Å²) in [5.74, 6) is 0.797. The molecule has 4 rings (SSSR count). The summed E-state index contributed by atoms with van der Waals surface area (Å²) in [5, 5.41) is 14.3. The van der Waals surface area contributed by atoms with Crippen LogP contribution >= 0.6 is 0 Å². The highest BCUT2D eigenvalue weighted by molar-refractivity contribution is 5.95. The van der Waals surface area contributed by atoms with E-state index in [4.69, 9.17) is 0 Å². The molecule has 1 atom stereocenters. The lowest BCUT2D eigenvalue weighted by atomic mass is 10.0. The van der Waals surface area contributed by atoms with Crippen LogP contribution in [0.25, 0.3) is 10.9 Å². The van der Waals surface area contributed by atoms with E-state index in [1.807, 2.05) is 24.3 Å². The summed E-state index contributed by atoms with van der Waals surface area (Å²) >= 11 is 0. The molecule has 1 N–H and O–H groups in total. The summed E-state index contributed by atoms with van der Waals surface area (Å²) in [4.78, 5) is 11.4. The number of nitriles is 1. The van der Waals surface area contributed by atoms with Gasteiger partial charge >= 0.3 is 0 Å². The zero-order chi connectivity index (χ0) is 20.9. The Balaban J connectivity index is 1.71. The Labute approximate surface area is 178 Å². The average Bonchev–Trinajstić information content (AvgIpc) is 3.08. The van der Waals surface area contributed by atoms with Crippen LogP contribution in [-0.4, -0.2) is 23.1 Å². The van der Waals surface area contributed by atoms with Gasteiger partial charge in [-0.15, -0.1) is 0 Å². The number of anilines is 2. The van der Waals surface area contributed by atoms with E-state index in [1.54, 1.807) is 12.4 Å². The molecular weight excluding hydrogens is 370 g/mol. The standard InChI is InChI=1S/C25H29N5/c1-18(19-10-6-5-7-11-19)29-24-14-22-23(17-28-24)27-16-20(15-26)25(22)30(2)21-12-8-3-4-9-13-21/h5-7,10-11,14,16-18,21H,3-4,8-9,12-13H2,1-2H3,(H,28,29)/t18-/m0/s1. The minimum atomic E-state index is 0.131. The molecule has 1 aromatic carbocycles. The first-order chi connectivity index (χ1) is 14.7. The van der Waals surface area contributed by atoms with Gasteiger partial charge in [-0.1, -0.05) is 56.0 Å². The molecule has 1 aliphatic carbocycles. The summed E-state index contributed by atoms with van der Waals surface area (Å²) in [7, 11) is 2.13. The van der Waals surface area contributed by atoms with Gasteiger partial charge in [-0.05, 0) is 31.4 Å². The second kappa shape index (κ2) is 9.13. The molecule has 2 aromatic heterocycles. The molecule has 0 unspecified atom stereocenters. The van der Waals surface area contributed by atoms with Gasteiger partial charge in [0, 0.05) is 30.7 Å². The zero-order valence-corrected chi connectivity index (χ0v) is 17.8. The van der Waals surface area contributed by atoms with E-state index in [9.17, 15) is 5.26 Å². The van der Waals surface area contributed by atoms with Crippen molar-refractivity contribution in [1.82, 2.24) is 9.97 Å². The number of nitrogens with one attached hydrogen (secondary N) is 1. The molecule has 30 heavy (non-hydrogen) atoms. The molecule has 1 aliphatic rings. The maximum absolute atomic E-state index is 9.80. The van der Waals surface area contributed by atoms with Crippen LogP contribution in [0.5, 0.6) is 0 Å². The molecule has 1 saturated carbocycles. The Bertz CT molecular complexity index is 1030. The predicted molar refractivity (Wildman–Crippen MR) is 123 cm³/mol. The zero-order valence-electron chi connectivity index (χ0n) is 17.8. The van der Waals surface area contributed by atoms with Crippen molar-refractivity contribution in [3.05, 3.63) is 59.9 Å². The molecule has 154 valence electrons. The highest BCUT2D eigenvalue weighted by atomic mass is 15.1. The fourth-order valence-corrected chi connectivity index (χ4v) is 4.50. The van der Waals surface area contributed by atoms with Crippen LogP contribution in [0.4, 0.5) is 11.5 Å². The number of hydrogen-bond donors (Lipinski definition) is 1.